The van der Waals surface area contributed by atoms with Crippen LogP contribution in [0.15, 0.2) is 0 Å². The van der Waals surface area contributed by atoms with E-state index in [-0.39, 0.29) is 13.1 Å². The summed E-state index contributed by atoms with van der Waals surface area (Å²) in [4.78, 5) is 21.5. The molecule has 82 valence electrons. The Balaban J connectivity index is 4.73. The largest absolute Gasteiger partial charge is 0.464 e. The minimum atomic E-state index is -1.86. The van der Waals surface area contributed by atoms with Crippen LogP contribution in [-0.2, 0) is 19.1 Å². The molecule has 1 atom stereocenters. The maximum absolute atomic E-state index is 11.3. The van der Waals surface area contributed by atoms with Gasteiger partial charge in [0.25, 0.3) is 6.47 Å². The van der Waals surface area contributed by atoms with Crippen molar-refractivity contribution in [3.05, 3.63) is 0 Å². The lowest BCUT2D eigenvalue weighted by molar-refractivity contribution is -0.195. The quantitative estimate of drug-likeness (QED) is 0.513. The zero-order valence-electron chi connectivity index (χ0n) is 8.86. The smallest absolute Gasteiger partial charge is 0.342 e. The lowest BCUT2D eigenvalue weighted by Gasteiger charge is -2.35. The van der Waals surface area contributed by atoms with Gasteiger partial charge < -0.3 is 14.6 Å². The number of esters is 1. The summed E-state index contributed by atoms with van der Waals surface area (Å²) in [5, 5.41) is 9.81. The maximum Gasteiger partial charge on any atom is 0.342 e. The Hall–Kier alpha value is -1.10. The molecule has 1 N–H and O–H groups in total. The number of ether oxygens (including phenoxy) is 2. The van der Waals surface area contributed by atoms with Crippen LogP contribution in [0.25, 0.3) is 0 Å². The monoisotopic (exact) mass is 204 g/mol. The van der Waals surface area contributed by atoms with Gasteiger partial charge in [-0.1, -0.05) is 0 Å². The van der Waals surface area contributed by atoms with Crippen LogP contribution >= 0.6 is 0 Å². The number of aliphatic hydroxyl groups is 1. The van der Waals surface area contributed by atoms with E-state index in [4.69, 9.17) is 0 Å². The van der Waals surface area contributed by atoms with Gasteiger partial charge in [-0.15, -0.1) is 0 Å². The topological polar surface area (TPSA) is 72.8 Å². The summed E-state index contributed by atoms with van der Waals surface area (Å²) < 4.78 is 9.28. The standard InChI is InChI=1S/C9H16O5/c1-5-13-7(11)9(4,12)8(2,3)14-6-10/h6,12H,5H2,1-4H3/t9-/m0/s1. The van der Waals surface area contributed by atoms with Crippen LogP contribution in [0.2, 0.25) is 0 Å². The van der Waals surface area contributed by atoms with E-state index in [1.54, 1.807) is 6.92 Å². The third-order valence-corrected chi connectivity index (χ3v) is 2.19. The van der Waals surface area contributed by atoms with Crippen molar-refractivity contribution in [2.45, 2.75) is 38.9 Å². The fraction of sp³-hybridized carbons (Fsp3) is 0.778. The number of rotatable bonds is 5. The predicted octanol–water partition coefficient (Wildman–Crippen LogP) is 0.252. The highest BCUT2D eigenvalue weighted by Crippen LogP contribution is 2.26. The van der Waals surface area contributed by atoms with Crippen molar-refractivity contribution in [3.8, 4) is 0 Å². The normalized spacial score (nSPS) is 15.5. The van der Waals surface area contributed by atoms with Gasteiger partial charge in [-0.3, -0.25) is 4.79 Å². The van der Waals surface area contributed by atoms with Crippen LogP contribution in [0.4, 0.5) is 0 Å². The Morgan fingerprint density at radius 3 is 2.29 bits per heavy atom. The Labute approximate surface area is 83.0 Å². The van der Waals surface area contributed by atoms with E-state index in [0.717, 1.165) is 0 Å². The lowest BCUT2D eigenvalue weighted by atomic mass is 9.87. The molecule has 0 saturated heterocycles. The van der Waals surface area contributed by atoms with Gasteiger partial charge in [-0.25, -0.2) is 4.79 Å². The van der Waals surface area contributed by atoms with Gasteiger partial charge in [0.2, 0.25) is 0 Å². The van der Waals surface area contributed by atoms with Crippen molar-refractivity contribution in [3.63, 3.8) is 0 Å². The molecule has 14 heavy (non-hydrogen) atoms. The first kappa shape index (κ1) is 12.9. The van der Waals surface area contributed by atoms with Gasteiger partial charge in [0, 0.05) is 0 Å². The number of carbonyl (C=O) groups is 2. The molecule has 5 heteroatoms. The van der Waals surface area contributed by atoms with Gasteiger partial charge >= 0.3 is 5.97 Å². The van der Waals surface area contributed by atoms with Gasteiger partial charge in [0.1, 0.15) is 5.60 Å². The highest BCUT2D eigenvalue weighted by Gasteiger charge is 2.49. The molecule has 0 aromatic carbocycles. The molecule has 5 nitrogen and oxygen atoms in total. The molecule has 0 fully saturated rings. The van der Waals surface area contributed by atoms with E-state index < -0.39 is 17.2 Å². The summed E-state index contributed by atoms with van der Waals surface area (Å²) in [6, 6.07) is 0. The molecule has 0 aromatic rings. The first-order valence-corrected chi connectivity index (χ1v) is 4.30. The van der Waals surface area contributed by atoms with Crippen molar-refractivity contribution in [1.29, 1.82) is 0 Å². The summed E-state index contributed by atoms with van der Waals surface area (Å²) in [7, 11) is 0. The lowest BCUT2D eigenvalue weighted by Crippen LogP contribution is -2.55. The van der Waals surface area contributed by atoms with Crippen molar-refractivity contribution in [2.24, 2.45) is 0 Å². The van der Waals surface area contributed by atoms with Crippen LogP contribution in [0, 0.1) is 0 Å². The van der Waals surface area contributed by atoms with Gasteiger partial charge in [0.05, 0.1) is 6.61 Å². The summed E-state index contributed by atoms with van der Waals surface area (Å²) in [5.41, 5.74) is -3.18. The van der Waals surface area contributed by atoms with Crippen molar-refractivity contribution in [1.82, 2.24) is 0 Å². The van der Waals surface area contributed by atoms with Crippen molar-refractivity contribution >= 4 is 12.4 Å². The van der Waals surface area contributed by atoms with E-state index in [1.165, 1.54) is 20.8 Å². The third kappa shape index (κ3) is 2.45. The molecule has 0 heterocycles. The molecule has 0 unspecified atom stereocenters. The van der Waals surface area contributed by atoms with Crippen LogP contribution in [-0.4, -0.2) is 35.4 Å². The van der Waals surface area contributed by atoms with E-state index in [0.29, 0.717) is 0 Å². The molecule has 0 rings (SSSR count). The second kappa shape index (κ2) is 4.41. The van der Waals surface area contributed by atoms with Crippen LogP contribution in [0.3, 0.4) is 0 Å². The SMILES string of the molecule is CCOC(=O)[C@](C)(O)C(C)(C)OC=O. The molecule has 0 amide bonds. The second-order valence-electron chi connectivity index (χ2n) is 3.52. The number of hydrogen-bond acceptors (Lipinski definition) is 5. The minimum Gasteiger partial charge on any atom is -0.464 e. The Kier molecular flexibility index (Phi) is 4.07. The summed E-state index contributed by atoms with van der Waals surface area (Å²) in [6.07, 6.45) is 0. The van der Waals surface area contributed by atoms with Crippen LogP contribution in [0.1, 0.15) is 27.7 Å². The summed E-state index contributed by atoms with van der Waals surface area (Å²) in [6.45, 7) is 6.08. The average Bonchev–Trinajstić information content (AvgIpc) is 2.04. The minimum absolute atomic E-state index is 0.159. The van der Waals surface area contributed by atoms with E-state index in [9.17, 15) is 14.7 Å². The molecule has 0 spiro atoms. The van der Waals surface area contributed by atoms with E-state index in [1.807, 2.05) is 0 Å². The van der Waals surface area contributed by atoms with Crippen molar-refractivity contribution < 1.29 is 24.2 Å². The fourth-order valence-corrected chi connectivity index (χ4v) is 0.752. The number of hydrogen-bond donors (Lipinski definition) is 1. The highest BCUT2D eigenvalue weighted by atomic mass is 16.6. The molecule has 0 aliphatic carbocycles. The molecule has 0 aromatic heterocycles. The molecule has 0 bridgehead atoms. The predicted molar refractivity (Wildman–Crippen MR) is 48.5 cm³/mol. The Bertz CT molecular complexity index is 219. The molecular weight excluding hydrogens is 188 g/mol. The van der Waals surface area contributed by atoms with Gasteiger partial charge in [-0.05, 0) is 27.7 Å². The first-order valence-electron chi connectivity index (χ1n) is 4.30. The summed E-state index contributed by atoms with van der Waals surface area (Å²) in [5.74, 6) is -0.813. The zero-order valence-corrected chi connectivity index (χ0v) is 8.86. The molecule has 0 radical (unpaired) electrons. The third-order valence-electron chi connectivity index (χ3n) is 2.19. The van der Waals surface area contributed by atoms with Gasteiger partial charge in [-0.2, -0.15) is 0 Å². The zero-order chi connectivity index (χ0) is 11.4. The van der Waals surface area contributed by atoms with Crippen molar-refractivity contribution in [2.75, 3.05) is 6.61 Å². The van der Waals surface area contributed by atoms with Crippen LogP contribution in [0.5, 0.6) is 0 Å². The summed E-state index contributed by atoms with van der Waals surface area (Å²) >= 11 is 0. The first-order chi connectivity index (χ1) is 6.29. The Morgan fingerprint density at radius 1 is 1.43 bits per heavy atom. The fourth-order valence-electron chi connectivity index (χ4n) is 0.752. The molecular formula is C9H16O5. The van der Waals surface area contributed by atoms with E-state index in [2.05, 4.69) is 9.47 Å². The number of carbonyl (C=O) groups excluding carboxylic acids is 2. The molecule has 0 aliphatic heterocycles. The Morgan fingerprint density at radius 2 is 1.93 bits per heavy atom. The molecule has 0 aliphatic rings. The molecule has 0 saturated carbocycles. The van der Waals surface area contributed by atoms with Gasteiger partial charge in [0.15, 0.2) is 5.60 Å². The second-order valence-corrected chi connectivity index (χ2v) is 3.52. The average molecular weight is 204 g/mol. The van der Waals surface area contributed by atoms with Crippen LogP contribution < -0.4 is 0 Å². The highest BCUT2D eigenvalue weighted by molar-refractivity contribution is 5.80. The van der Waals surface area contributed by atoms with E-state index >= 15 is 0 Å². The maximum atomic E-state index is 11.3.